The first kappa shape index (κ1) is 20.6. The molecule has 1 atom stereocenters. The minimum atomic E-state index is -3.83. The number of aromatic nitrogens is 1. The first-order chi connectivity index (χ1) is 14.1. The highest BCUT2D eigenvalue weighted by Gasteiger charge is 2.38. The number of ketones is 1. The maximum atomic E-state index is 14.3. The summed E-state index contributed by atoms with van der Waals surface area (Å²) in [6, 6.07) is 8.95. The summed E-state index contributed by atoms with van der Waals surface area (Å²) >= 11 is 5.95. The maximum absolute atomic E-state index is 14.3. The van der Waals surface area contributed by atoms with Crippen molar-refractivity contribution in [2.24, 2.45) is 0 Å². The lowest BCUT2D eigenvalue weighted by Gasteiger charge is -2.16. The molecule has 1 aliphatic rings. The largest absolute Gasteiger partial charge is 0.481 e. The fourth-order valence-corrected chi connectivity index (χ4v) is 5.20. The second-order valence-electron chi connectivity index (χ2n) is 7.47. The van der Waals surface area contributed by atoms with Crippen LogP contribution < -0.4 is 0 Å². The number of rotatable bonds is 5. The van der Waals surface area contributed by atoms with Gasteiger partial charge >= 0.3 is 5.97 Å². The molecular formula is C21H17ClFNO5S. The fraction of sp³-hybridized carbons (Fsp3) is 0.238. The molecule has 1 aromatic heterocycles. The number of fused-ring (bicyclic) bond motifs is 3. The van der Waals surface area contributed by atoms with E-state index in [4.69, 9.17) is 11.6 Å². The summed E-state index contributed by atoms with van der Waals surface area (Å²) in [5.74, 6) is -2.79. The number of halogens is 2. The molecule has 3 aromatic rings. The van der Waals surface area contributed by atoms with Crippen molar-refractivity contribution >= 4 is 44.1 Å². The van der Waals surface area contributed by atoms with Crippen LogP contribution in [0.5, 0.6) is 0 Å². The van der Waals surface area contributed by atoms with Crippen LogP contribution in [0.2, 0.25) is 5.02 Å². The topological polar surface area (TPSA) is 93.4 Å². The van der Waals surface area contributed by atoms with E-state index < -0.39 is 27.5 Å². The van der Waals surface area contributed by atoms with Crippen molar-refractivity contribution in [2.45, 2.75) is 30.2 Å². The number of aliphatic carboxylic acids is 1. The molecule has 1 heterocycles. The zero-order chi connectivity index (χ0) is 21.8. The third-order valence-electron chi connectivity index (χ3n) is 5.30. The van der Waals surface area contributed by atoms with Crippen LogP contribution in [-0.4, -0.2) is 36.1 Å². The van der Waals surface area contributed by atoms with Gasteiger partial charge in [-0.2, -0.15) is 0 Å². The third kappa shape index (κ3) is 3.50. The lowest BCUT2D eigenvalue weighted by Crippen LogP contribution is -2.12. The minimum Gasteiger partial charge on any atom is -0.481 e. The Morgan fingerprint density at radius 2 is 1.93 bits per heavy atom. The zero-order valence-corrected chi connectivity index (χ0v) is 17.4. The van der Waals surface area contributed by atoms with Crippen molar-refractivity contribution in [2.75, 3.05) is 6.26 Å². The van der Waals surface area contributed by atoms with Gasteiger partial charge in [0, 0.05) is 46.8 Å². The predicted molar refractivity (Wildman–Crippen MR) is 110 cm³/mol. The number of hydrogen-bond donors (Lipinski definition) is 1. The average Bonchev–Trinajstić information content (AvgIpc) is 3.11. The molecule has 0 saturated heterocycles. The van der Waals surface area contributed by atoms with Gasteiger partial charge in [0.15, 0.2) is 15.6 Å². The minimum absolute atomic E-state index is 0.0156. The van der Waals surface area contributed by atoms with Gasteiger partial charge in [-0.1, -0.05) is 23.7 Å². The lowest BCUT2D eigenvalue weighted by atomic mass is 10.0. The molecule has 1 unspecified atom stereocenters. The Morgan fingerprint density at radius 3 is 2.53 bits per heavy atom. The van der Waals surface area contributed by atoms with E-state index in [2.05, 4.69) is 0 Å². The summed E-state index contributed by atoms with van der Waals surface area (Å²) < 4.78 is 40.8. The Hall–Kier alpha value is -2.71. The monoisotopic (exact) mass is 449 g/mol. The van der Waals surface area contributed by atoms with Crippen molar-refractivity contribution in [3.8, 4) is 0 Å². The predicted octanol–water partition coefficient (Wildman–Crippen LogP) is 4.03. The standard InChI is InChI=1S/C21H17ClFNO5S/c1-30(28,29)17-9-14(23)8-15-19-16(25)6-12(7-18(26)27)20(19)24(21(15)17)10-11-2-4-13(22)5-3-11/h2-5,8-9,12H,6-7,10H2,1H3,(H,26,27). The summed E-state index contributed by atoms with van der Waals surface area (Å²) in [5, 5.41) is 10.0. The summed E-state index contributed by atoms with van der Waals surface area (Å²) in [7, 11) is -3.83. The smallest absolute Gasteiger partial charge is 0.304 e. The van der Waals surface area contributed by atoms with Gasteiger partial charge in [-0.25, -0.2) is 12.8 Å². The van der Waals surface area contributed by atoms with E-state index >= 15 is 0 Å². The number of benzene rings is 2. The Morgan fingerprint density at radius 1 is 1.27 bits per heavy atom. The normalized spacial score (nSPS) is 16.2. The Bertz CT molecular complexity index is 1310. The number of nitrogens with zero attached hydrogens (tertiary/aromatic N) is 1. The molecule has 156 valence electrons. The van der Waals surface area contributed by atoms with Crippen LogP contribution in [0, 0.1) is 5.82 Å². The van der Waals surface area contributed by atoms with Gasteiger partial charge in [0.2, 0.25) is 0 Å². The van der Waals surface area contributed by atoms with Crippen LogP contribution in [0.25, 0.3) is 10.9 Å². The van der Waals surface area contributed by atoms with Gasteiger partial charge in [0.25, 0.3) is 0 Å². The van der Waals surface area contributed by atoms with E-state index in [-0.39, 0.29) is 46.5 Å². The van der Waals surface area contributed by atoms with Crippen LogP contribution in [0.4, 0.5) is 4.39 Å². The molecule has 0 amide bonds. The van der Waals surface area contributed by atoms with Crippen molar-refractivity contribution in [3.05, 3.63) is 64.1 Å². The molecule has 4 rings (SSSR count). The van der Waals surface area contributed by atoms with Crippen LogP contribution >= 0.6 is 11.6 Å². The molecule has 30 heavy (non-hydrogen) atoms. The van der Waals surface area contributed by atoms with Gasteiger partial charge in [0.1, 0.15) is 5.82 Å². The second kappa shape index (κ2) is 7.21. The number of hydrogen-bond acceptors (Lipinski definition) is 4. The van der Waals surface area contributed by atoms with Gasteiger partial charge < -0.3 is 9.67 Å². The number of Topliss-reactive ketones (excluding diaryl/α,β-unsaturated/α-hetero) is 1. The van der Waals surface area contributed by atoms with E-state index in [1.807, 2.05) is 0 Å². The highest BCUT2D eigenvalue weighted by Crippen LogP contribution is 2.44. The van der Waals surface area contributed by atoms with Gasteiger partial charge in [-0.15, -0.1) is 0 Å². The molecule has 0 spiro atoms. The van der Waals surface area contributed by atoms with E-state index in [0.717, 1.165) is 24.0 Å². The molecule has 2 aromatic carbocycles. The van der Waals surface area contributed by atoms with Crippen molar-refractivity contribution in [3.63, 3.8) is 0 Å². The average molecular weight is 450 g/mol. The highest BCUT2D eigenvalue weighted by molar-refractivity contribution is 7.91. The first-order valence-electron chi connectivity index (χ1n) is 9.11. The van der Waals surface area contributed by atoms with Crippen LogP contribution in [-0.2, 0) is 21.2 Å². The highest BCUT2D eigenvalue weighted by atomic mass is 35.5. The van der Waals surface area contributed by atoms with E-state index in [1.165, 1.54) is 0 Å². The fourth-order valence-electron chi connectivity index (χ4n) is 4.18. The second-order valence-corrected chi connectivity index (χ2v) is 9.89. The van der Waals surface area contributed by atoms with Gasteiger partial charge in [-0.05, 0) is 29.8 Å². The number of carboxylic acids is 1. The molecule has 1 N–H and O–H groups in total. The Balaban J connectivity index is 2.07. The molecule has 6 nitrogen and oxygen atoms in total. The number of carbonyl (C=O) groups excluding carboxylic acids is 1. The molecule has 9 heteroatoms. The molecule has 0 bridgehead atoms. The number of carbonyl (C=O) groups is 2. The summed E-state index contributed by atoms with van der Waals surface area (Å²) in [6.45, 7) is 0.181. The molecule has 0 radical (unpaired) electrons. The molecule has 0 saturated carbocycles. The summed E-state index contributed by atoms with van der Waals surface area (Å²) in [6.07, 6.45) is 0.674. The van der Waals surface area contributed by atoms with Crippen molar-refractivity contribution < 1.29 is 27.5 Å². The number of sulfone groups is 1. The first-order valence-corrected chi connectivity index (χ1v) is 11.4. The van der Waals surface area contributed by atoms with E-state index in [0.29, 0.717) is 10.7 Å². The molecule has 1 aliphatic carbocycles. The summed E-state index contributed by atoms with van der Waals surface area (Å²) in [4.78, 5) is 23.9. The lowest BCUT2D eigenvalue weighted by molar-refractivity contribution is -0.137. The van der Waals surface area contributed by atoms with Crippen molar-refractivity contribution in [1.29, 1.82) is 0 Å². The molecular weight excluding hydrogens is 433 g/mol. The van der Waals surface area contributed by atoms with Crippen molar-refractivity contribution in [1.82, 2.24) is 4.57 Å². The van der Waals surface area contributed by atoms with E-state index in [1.54, 1.807) is 28.8 Å². The zero-order valence-electron chi connectivity index (χ0n) is 15.9. The molecule has 0 fully saturated rings. The Labute approximate surface area is 176 Å². The number of carboxylic acid groups (broad SMARTS) is 1. The summed E-state index contributed by atoms with van der Waals surface area (Å²) in [5.41, 5.74) is 1.62. The van der Waals surface area contributed by atoms with Crippen LogP contribution in [0.3, 0.4) is 0 Å². The third-order valence-corrected chi connectivity index (χ3v) is 6.66. The molecule has 0 aliphatic heterocycles. The maximum Gasteiger partial charge on any atom is 0.304 e. The van der Waals surface area contributed by atoms with Crippen LogP contribution in [0.15, 0.2) is 41.3 Å². The SMILES string of the molecule is CS(=O)(=O)c1cc(F)cc2c3c(n(Cc4ccc(Cl)cc4)c12)C(CC(=O)O)CC3=O. The quantitative estimate of drug-likeness (QED) is 0.634. The van der Waals surface area contributed by atoms with E-state index in [9.17, 15) is 27.5 Å². The van der Waals surface area contributed by atoms with Gasteiger partial charge in [0.05, 0.1) is 16.8 Å². The Kier molecular flexibility index (Phi) is 4.94. The van der Waals surface area contributed by atoms with Crippen LogP contribution in [0.1, 0.15) is 40.4 Å². The van der Waals surface area contributed by atoms with Gasteiger partial charge in [-0.3, -0.25) is 9.59 Å².